The molecular formula is C17H11ClN2O3. The number of hydrogen-bond donors (Lipinski definition) is 1. The Balaban J connectivity index is 1.94. The summed E-state index contributed by atoms with van der Waals surface area (Å²) in [6, 6.07) is 15.6. The molecule has 0 saturated heterocycles. The summed E-state index contributed by atoms with van der Waals surface area (Å²) in [5.41, 5.74) is 1.56. The van der Waals surface area contributed by atoms with E-state index >= 15 is 0 Å². The van der Waals surface area contributed by atoms with Gasteiger partial charge in [0.1, 0.15) is 17.6 Å². The first kappa shape index (κ1) is 15.0. The van der Waals surface area contributed by atoms with Crippen LogP contribution in [0.25, 0.3) is 11.3 Å². The molecule has 3 rings (SSSR count). The average molecular weight is 327 g/mol. The minimum Gasteiger partial charge on any atom is -0.478 e. The van der Waals surface area contributed by atoms with E-state index in [0.29, 0.717) is 10.7 Å². The van der Waals surface area contributed by atoms with E-state index in [1.807, 2.05) is 30.3 Å². The van der Waals surface area contributed by atoms with Crippen LogP contribution in [0, 0.1) is 0 Å². The number of carboxylic acid groups (broad SMARTS) is 1. The van der Waals surface area contributed by atoms with Crippen molar-refractivity contribution in [3.05, 3.63) is 71.5 Å². The molecule has 0 spiro atoms. The third kappa shape index (κ3) is 3.46. The molecule has 0 aliphatic carbocycles. The van der Waals surface area contributed by atoms with Crippen LogP contribution in [-0.4, -0.2) is 21.0 Å². The van der Waals surface area contributed by atoms with Crippen LogP contribution in [-0.2, 0) is 0 Å². The van der Waals surface area contributed by atoms with Crippen LogP contribution >= 0.6 is 11.6 Å². The van der Waals surface area contributed by atoms with E-state index in [4.69, 9.17) is 16.3 Å². The van der Waals surface area contributed by atoms with E-state index in [1.54, 1.807) is 12.1 Å². The van der Waals surface area contributed by atoms with Crippen molar-refractivity contribution in [2.45, 2.75) is 0 Å². The van der Waals surface area contributed by atoms with Crippen molar-refractivity contribution in [2.75, 3.05) is 0 Å². The Bertz CT molecular complexity index is 853. The summed E-state index contributed by atoms with van der Waals surface area (Å²) in [4.78, 5) is 19.5. The lowest BCUT2D eigenvalue weighted by atomic mass is 10.1. The van der Waals surface area contributed by atoms with E-state index in [0.717, 1.165) is 5.56 Å². The molecule has 1 N–H and O–H groups in total. The number of rotatable bonds is 4. The van der Waals surface area contributed by atoms with E-state index in [2.05, 4.69) is 9.97 Å². The van der Waals surface area contributed by atoms with Gasteiger partial charge in [-0.2, -0.15) is 0 Å². The van der Waals surface area contributed by atoms with Gasteiger partial charge in [-0.25, -0.2) is 14.8 Å². The molecule has 1 aromatic heterocycles. The smallest absolute Gasteiger partial charge is 0.339 e. The topological polar surface area (TPSA) is 72.3 Å². The molecule has 0 aliphatic rings. The zero-order chi connectivity index (χ0) is 16.2. The highest BCUT2D eigenvalue weighted by Gasteiger charge is 2.14. The molecule has 5 nitrogen and oxygen atoms in total. The second kappa shape index (κ2) is 6.46. The third-order valence-electron chi connectivity index (χ3n) is 3.10. The van der Waals surface area contributed by atoms with Crippen molar-refractivity contribution in [3.8, 4) is 22.9 Å². The summed E-state index contributed by atoms with van der Waals surface area (Å²) in [7, 11) is 0. The number of carboxylic acids is 1. The van der Waals surface area contributed by atoms with Gasteiger partial charge in [0.25, 0.3) is 0 Å². The zero-order valence-corrected chi connectivity index (χ0v) is 12.6. The van der Waals surface area contributed by atoms with Gasteiger partial charge in [0.05, 0.1) is 5.69 Å². The molecule has 0 atom stereocenters. The van der Waals surface area contributed by atoms with Gasteiger partial charge < -0.3 is 9.84 Å². The van der Waals surface area contributed by atoms with Crippen molar-refractivity contribution in [1.29, 1.82) is 0 Å². The Labute approximate surface area is 137 Å². The third-order valence-corrected chi connectivity index (χ3v) is 3.33. The van der Waals surface area contributed by atoms with E-state index in [-0.39, 0.29) is 17.2 Å². The standard InChI is InChI=1S/C17H11ClN2O3/c18-12-6-7-15(13(8-12)17(21)22)23-16-9-14(19-10-20-16)11-4-2-1-3-5-11/h1-10H,(H,21,22). The molecule has 0 bridgehead atoms. The summed E-state index contributed by atoms with van der Waals surface area (Å²) < 4.78 is 5.60. The maximum Gasteiger partial charge on any atom is 0.339 e. The Morgan fingerprint density at radius 2 is 1.83 bits per heavy atom. The first-order chi connectivity index (χ1) is 11.1. The van der Waals surface area contributed by atoms with Crippen LogP contribution in [0.4, 0.5) is 0 Å². The maximum atomic E-state index is 11.3. The fourth-order valence-electron chi connectivity index (χ4n) is 2.03. The molecule has 0 radical (unpaired) electrons. The molecule has 114 valence electrons. The molecule has 0 fully saturated rings. The summed E-state index contributed by atoms with van der Waals surface area (Å²) >= 11 is 5.82. The van der Waals surface area contributed by atoms with Crippen LogP contribution in [0.15, 0.2) is 60.9 Å². The van der Waals surface area contributed by atoms with Gasteiger partial charge in [-0.1, -0.05) is 41.9 Å². The van der Waals surface area contributed by atoms with Crippen LogP contribution < -0.4 is 4.74 Å². The zero-order valence-electron chi connectivity index (χ0n) is 11.8. The molecule has 0 amide bonds. The predicted octanol–water partition coefficient (Wildman–Crippen LogP) is 4.29. The molecule has 23 heavy (non-hydrogen) atoms. The number of carbonyl (C=O) groups is 1. The van der Waals surface area contributed by atoms with Crippen molar-refractivity contribution in [1.82, 2.24) is 9.97 Å². The van der Waals surface area contributed by atoms with Crippen LogP contribution in [0.5, 0.6) is 11.6 Å². The van der Waals surface area contributed by atoms with Crippen molar-refractivity contribution >= 4 is 17.6 Å². The monoisotopic (exact) mass is 326 g/mol. The maximum absolute atomic E-state index is 11.3. The molecular weight excluding hydrogens is 316 g/mol. The summed E-state index contributed by atoms with van der Waals surface area (Å²) in [5, 5.41) is 9.55. The number of halogens is 1. The number of aromatic carboxylic acids is 1. The number of ether oxygens (including phenoxy) is 1. The van der Waals surface area contributed by atoms with Crippen LogP contribution in [0.2, 0.25) is 5.02 Å². The normalized spacial score (nSPS) is 10.3. The summed E-state index contributed by atoms with van der Waals surface area (Å²) in [6.45, 7) is 0. The Kier molecular flexibility index (Phi) is 4.21. The van der Waals surface area contributed by atoms with Crippen LogP contribution in [0.1, 0.15) is 10.4 Å². The molecule has 0 saturated carbocycles. The van der Waals surface area contributed by atoms with Gasteiger partial charge in [0, 0.05) is 16.7 Å². The predicted molar refractivity (Wildman–Crippen MR) is 86.0 cm³/mol. The van der Waals surface area contributed by atoms with Gasteiger partial charge in [-0.15, -0.1) is 0 Å². The van der Waals surface area contributed by atoms with Gasteiger partial charge in [-0.05, 0) is 18.2 Å². The quantitative estimate of drug-likeness (QED) is 0.774. The van der Waals surface area contributed by atoms with Gasteiger partial charge in [-0.3, -0.25) is 0 Å². The Morgan fingerprint density at radius 3 is 2.57 bits per heavy atom. The van der Waals surface area contributed by atoms with Gasteiger partial charge in [0.2, 0.25) is 5.88 Å². The second-order valence-corrected chi connectivity index (χ2v) is 5.09. The van der Waals surface area contributed by atoms with Crippen molar-refractivity contribution < 1.29 is 14.6 Å². The highest BCUT2D eigenvalue weighted by Crippen LogP contribution is 2.28. The fourth-order valence-corrected chi connectivity index (χ4v) is 2.21. The lowest BCUT2D eigenvalue weighted by Gasteiger charge is -2.09. The Morgan fingerprint density at radius 1 is 1.04 bits per heavy atom. The molecule has 1 heterocycles. The molecule has 6 heteroatoms. The molecule has 0 unspecified atom stereocenters. The summed E-state index contributed by atoms with van der Waals surface area (Å²) in [5.74, 6) is -0.705. The number of nitrogens with zero attached hydrogens (tertiary/aromatic N) is 2. The lowest BCUT2D eigenvalue weighted by Crippen LogP contribution is -2.01. The van der Waals surface area contributed by atoms with E-state index in [1.165, 1.54) is 18.5 Å². The second-order valence-electron chi connectivity index (χ2n) is 4.66. The number of hydrogen-bond acceptors (Lipinski definition) is 4. The SMILES string of the molecule is O=C(O)c1cc(Cl)ccc1Oc1cc(-c2ccccc2)ncn1. The first-order valence-electron chi connectivity index (χ1n) is 6.71. The number of aromatic nitrogens is 2. The van der Waals surface area contributed by atoms with Crippen molar-refractivity contribution in [2.24, 2.45) is 0 Å². The minimum atomic E-state index is -1.13. The first-order valence-corrected chi connectivity index (χ1v) is 7.09. The van der Waals surface area contributed by atoms with Gasteiger partial charge in [0.15, 0.2) is 0 Å². The van der Waals surface area contributed by atoms with Crippen LogP contribution in [0.3, 0.4) is 0 Å². The van der Waals surface area contributed by atoms with E-state index < -0.39 is 5.97 Å². The van der Waals surface area contributed by atoms with Gasteiger partial charge >= 0.3 is 5.97 Å². The Hall–Kier alpha value is -2.92. The largest absolute Gasteiger partial charge is 0.478 e. The highest BCUT2D eigenvalue weighted by molar-refractivity contribution is 6.31. The van der Waals surface area contributed by atoms with E-state index in [9.17, 15) is 9.90 Å². The minimum absolute atomic E-state index is 0.0302. The molecule has 2 aromatic carbocycles. The average Bonchev–Trinajstić information content (AvgIpc) is 2.57. The molecule has 0 aliphatic heterocycles. The summed E-state index contributed by atoms with van der Waals surface area (Å²) in [6.07, 6.45) is 1.37. The molecule has 3 aromatic rings. The highest BCUT2D eigenvalue weighted by atomic mass is 35.5. The fraction of sp³-hybridized carbons (Fsp3) is 0. The lowest BCUT2D eigenvalue weighted by molar-refractivity contribution is 0.0694. The number of benzene rings is 2. The van der Waals surface area contributed by atoms with Crippen molar-refractivity contribution in [3.63, 3.8) is 0 Å².